The van der Waals surface area contributed by atoms with Crippen LogP contribution in [0.15, 0.2) is 39.7 Å². The zero-order valence-corrected chi connectivity index (χ0v) is 16.7. The van der Waals surface area contributed by atoms with Gasteiger partial charge in [-0.1, -0.05) is 24.3 Å². The average Bonchev–Trinajstić information content (AvgIpc) is 2.66. The molecule has 1 N–H and O–H groups in total. The second-order valence-electron chi connectivity index (χ2n) is 6.64. The Hall–Kier alpha value is -1.70. The summed E-state index contributed by atoms with van der Waals surface area (Å²) in [7, 11) is 0. The lowest BCUT2D eigenvalue weighted by molar-refractivity contribution is 0.249. The van der Waals surface area contributed by atoms with E-state index in [1.54, 1.807) is 6.20 Å². The van der Waals surface area contributed by atoms with E-state index in [0.717, 1.165) is 38.4 Å². The minimum Gasteiger partial charge on any atom is -0.396 e. The molecule has 0 bridgehead atoms. The van der Waals surface area contributed by atoms with Gasteiger partial charge in [-0.05, 0) is 40.4 Å². The molecule has 1 saturated heterocycles. The lowest BCUT2D eigenvalue weighted by Gasteiger charge is -2.36. The van der Waals surface area contributed by atoms with Crippen LogP contribution in [0.1, 0.15) is 17.5 Å². The van der Waals surface area contributed by atoms with Gasteiger partial charge in [-0.25, -0.2) is 4.68 Å². The summed E-state index contributed by atoms with van der Waals surface area (Å²) in [6.07, 6.45) is 2.27. The molecule has 1 aromatic carbocycles. The van der Waals surface area contributed by atoms with E-state index in [-0.39, 0.29) is 12.2 Å². The van der Waals surface area contributed by atoms with E-state index < -0.39 is 0 Å². The summed E-state index contributed by atoms with van der Waals surface area (Å²) in [5.41, 5.74) is 3.41. The predicted molar refractivity (Wildman–Crippen MR) is 107 cm³/mol. The van der Waals surface area contributed by atoms with E-state index >= 15 is 0 Å². The summed E-state index contributed by atoms with van der Waals surface area (Å²) in [5, 5.41) is 13.2. The summed E-state index contributed by atoms with van der Waals surface area (Å²) in [6.45, 7) is 7.23. The highest BCUT2D eigenvalue weighted by atomic mass is 79.9. The van der Waals surface area contributed by atoms with Crippen molar-refractivity contribution < 1.29 is 5.11 Å². The SMILES string of the molecule is Cc1ccccc1CN1CCN(c2cnn(CCCO)c(=O)c2Br)CC1. The highest BCUT2D eigenvalue weighted by molar-refractivity contribution is 9.10. The number of anilines is 1. The average molecular weight is 421 g/mol. The molecule has 1 aromatic heterocycles. The number of hydrogen-bond donors (Lipinski definition) is 1. The summed E-state index contributed by atoms with van der Waals surface area (Å²) in [6, 6.07) is 8.51. The Balaban J connectivity index is 1.64. The standard InChI is InChI=1S/C19H25BrN4O2/c1-15-5-2-3-6-16(15)14-22-8-10-23(11-9-22)17-13-21-24(7-4-12-25)19(26)18(17)20/h2-3,5-6,13,25H,4,7-12,14H2,1H3. The van der Waals surface area contributed by atoms with Gasteiger partial charge in [-0.3, -0.25) is 9.69 Å². The molecular weight excluding hydrogens is 396 g/mol. The van der Waals surface area contributed by atoms with Crippen molar-refractivity contribution in [2.45, 2.75) is 26.4 Å². The molecule has 7 heteroatoms. The molecule has 26 heavy (non-hydrogen) atoms. The van der Waals surface area contributed by atoms with Gasteiger partial charge in [0.05, 0.1) is 11.9 Å². The van der Waals surface area contributed by atoms with Gasteiger partial charge < -0.3 is 10.0 Å². The fourth-order valence-corrected chi connectivity index (χ4v) is 3.79. The number of hydrogen-bond acceptors (Lipinski definition) is 5. The Morgan fingerprint density at radius 1 is 1.19 bits per heavy atom. The Labute approximate surface area is 162 Å². The molecule has 0 atom stereocenters. The third-order valence-corrected chi connectivity index (χ3v) is 5.61. The first-order chi connectivity index (χ1) is 12.6. The fraction of sp³-hybridized carbons (Fsp3) is 0.474. The number of aliphatic hydroxyl groups is 1. The van der Waals surface area contributed by atoms with E-state index in [9.17, 15) is 4.79 Å². The Morgan fingerprint density at radius 2 is 1.92 bits per heavy atom. The number of aliphatic hydroxyl groups excluding tert-OH is 1. The van der Waals surface area contributed by atoms with Crippen molar-refractivity contribution in [2.24, 2.45) is 0 Å². The highest BCUT2D eigenvalue weighted by Gasteiger charge is 2.21. The smallest absolute Gasteiger partial charge is 0.283 e. The number of halogens is 1. The summed E-state index contributed by atoms with van der Waals surface area (Å²) < 4.78 is 1.95. The normalized spacial score (nSPS) is 15.4. The minimum absolute atomic E-state index is 0.0519. The van der Waals surface area contributed by atoms with E-state index in [1.807, 2.05) is 0 Å². The van der Waals surface area contributed by atoms with E-state index in [4.69, 9.17) is 5.11 Å². The van der Waals surface area contributed by atoms with Gasteiger partial charge in [-0.2, -0.15) is 5.10 Å². The molecule has 1 fully saturated rings. The summed E-state index contributed by atoms with van der Waals surface area (Å²) >= 11 is 3.45. The van der Waals surface area contributed by atoms with Crippen LogP contribution in [0.4, 0.5) is 5.69 Å². The van der Waals surface area contributed by atoms with Crippen LogP contribution in [0.3, 0.4) is 0 Å². The molecule has 0 aliphatic carbocycles. The number of nitrogens with zero attached hydrogens (tertiary/aromatic N) is 4. The van der Waals surface area contributed by atoms with Crippen molar-refractivity contribution >= 4 is 21.6 Å². The minimum atomic E-state index is -0.140. The van der Waals surface area contributed by atoms with Crippen LogP contribution in [0.25, 0.3) is 0 Å². The van der Waals surface area contributed by atoms with Crippen molar-refractivity contribution in [3.8, 4) is 0 Å². The van der Waals surface area contributed by atoms with Gasteiger partial charge in [0.1, 0.15) is 4.47 Å². The summed E-state index contributed by atoms with van der Waals surface area (Å²) in [5.74, 6) is 0. The zero-order valence-electron chi connectivity index (χ0n) is 15.1. The largest absolute Gasteiger partial charge is 0.396 e. The number of benzene rings is 1. The van der Waals surface area contributed by atoms with Crippen LogP contribution in [0.5, 0.6) is 0 Å². The van der Waals surface area contributed by atoms with Crippen LogP contribution in [0.2, 0.25) is 0 Å². The number of aromatic nitrogens is 2. The second kappa shape index (κ2) is 8.79. The molecule has 2 heterocycles. The topological polar surface area (TPSA) is 61.6 Å². The van der Waals surface area contributed by atoms with Gasteiger partial charge >= 0.3 is 0 Å². The lowest BCUT2D eigenvalue weighted by atomic mass is 10.1. The lowest BCUT2D eigenvalue weighted by Crippen LogP contribution is -2.46. The Kier molecular flexibility index (Phi) is 6.45. The molecular formula is C19H25BrN4O2. The molecule has 0 spiro atoms. The quantitative estimate of drug-likeness (QED) is 0.774. The molecule has 3 rings (SSSR count). The Morgan fingerprint density at radius 3 is 2.62 bits per heavy atom. The molecule has 0 radical (unpaired) electrons. The van der Waals surface area contributed by atoms with E-state index in [0.29, 0.717) is 17.4 Å². The molecule has 1 aliphatic heterocycles. The van der Waals surface area contributed by atoms with Gasteiger partial charge in [0.25, 0.3) is 5.56 Å². The first-order valence-corrected chi connectivity index (χ1v) is 9.77. The highest BCUT2D eigenvalue weighted by Crippen LogP contribution is 2.23. The van der Waals surface area contributed by atoms with Crippen molar-refractivity contribution in [1.82, 2.24) is 14.7 Å². The third kappa shape index (κ3) is 4.34. The molecule has 1 aliphatic rings. The van der Waals surface area contributed by atoms with Crippen molar-refractivity contribution in [3.63, 3.8) is 0 Å². The van der Waals surface area contributed by atoms with Crippen LogP contribution >= 0.6 is 15.9 Å². The number of rotatable bonds is 6. The first kappa shape index (κ1) is 19.1. The second-order valence-corrected chi connectivity index (χ2v) is 7.43. The fourth-order valence-electron chi connectivity index (χ4n) is 3.23. The van der Waals surface area contributed by atoms with Gasteiger partial charge in [0.2, 0.25) is 0 Å². The van der Waals surface area contributed by atoms with Crippen LogP contribution < -0.4 is 10.5 Å². The van der Waals surface area contributed by atoms with Crippen LogP contribution in [0, 0.1) is 6.92 Å². The van der Waals surface area contributed by atoms with Crippen molar-refractivity contribution in [1.29, 1.82) is 0 Å². The first-order valence-electron chi connectivity index (χ1n) is 8.98. The molecule has 2 aromatic rings. The van der Waals surface area contributed by atoms with E-state index in [2.05, 4.69) is 62.0 Å². The maximum atomic E-state index is 12.4. The van der Waals surface area contributed by atoms with Gasteiger partial charge in [0, 0.05) is 45.9 Å². The summed E-state index contributed by atoms with van der Waals surface area (Å²) in [4.78, 5) is 17.1. The maximum Gasteiger partial charge on any atom is 0.283 e. The van der Waals surface area contributed by atoms with Gasteiger partial charge in [0.15, 0.2) is 0 Å². The molecule has 0 amide bonds. The monoisotopic (exact) mass is 420 g/mol. The predicted octanol–water partition coefficient (Wildman–Crippen LogP) is 2.02. The van der Waals surface area contributed by atoms with Crippen LogP contribution in [-0.4, -0.2) is 52.6 Å². The van der Waals surface area contributed by atoms with Crippen molar-refractivity contribution in [2.75, 3.05) is 37.7 Å². The molecule has 140 valence electrons. The number of piperazine rings is 1. The van der Waals surface area contributed by atoms with E-state index in [1.165, 1.54) is 15.8 Å². The molecule has 0 unspecified atom stereocenters. The molecule has 0 saturated carbocycles. The van der Waals surface area contributed by atoms with Crippen molar-refractivity contribution in [3.05, 3.63) is 56.4 Å². The van der Waals surface area contributed by atoms with Gasteiger partial charge in [-0.15, -0.1) is 0 Å². The molecule has 6 nitrogen and oxygen atoms in total. The zero-order chi connectivity index (χ0) is 18.5. The maximum absolute atomic E-state index is 12.4. The Bertz CT molecular complexity index is 800. The van der Waals surface area contributed by atoms with Crippen LogP contribution in [-0.2, 0) is 13.1 Å². The third-order valence-electron chi connectivity index (χ3n) is 4.86. The number of aryl methyl sites for hydroxylation is 2.